The lowest BCUT2D eigenvalue weighted by Gasteiger charge is -2.22. The molecule has 4 nitrogen and oxygen atoms in total. The topological polar surface area (TPSA) is 39.7 Å². The predicted octanol–water partition coefficient (Wildman–Crippen LogP) is 2.09. The third kappa shape index (κ3) is 4.73. The summed E-state index contributed by atoms with van der Waals surface area (Å²) in [6, 6.07) is 7.67. The van der Waals surface area contributed by atoms with Crippen LogP contribution in [0.15, 0.2) is 24.3 Å². The number of hydrogen-bond donors (Lipinski definition) is 1. The van der Waals surface area contributed by atoms with Crippen molar-refractivity contribution in [1.82, 2.24) is 5.32 Å². The normalized spacial score (nSPS) is 19.1. The van der Waals surface area contributed by atoms with Crippen LogP contribution >= 0.6 is 0 Å². The average Bonchev–Trinajstić information content (AvgIpc) is 2.48. The maximum absolute atomic E-state index is 5.66. The molecule has 0 aromatic heterocycles. The fourth-order valence-corrected chi connectivity index (χ4v) is 2.26. The Morgan fingerprint density at radius 2 is 2.05 bits per heavy atom. The van der Waals surface area contributed by atoms with Gasteiger partial charge in [-0.1, -0.05) is 12.1 Å². The van der Waals surface area contributed by atoms with Gasteiger partial charge in [0.25, 0.3) is 0 Å². The summed E-state index contributed by atoms with van der Waals surface area (Å²) in [5, 5.41) is 3.39. The van der Waals surface area contributed by atoms with E-state index in [9.17, 15) is 0 Å². The molecule has 1 atom stereocenters. The Labute approximate surface area is 115 Å². The van der Waals surface area contributed by atoms with Crippen molar-refractivity contribution < 1.29 is 14.2 Å². The zero-order valence-corrected chi connectivity index (χ0v) is 11.6. The highest BCUT2D eigenvalue weighted by molar-refractivity contribution is 5.39. The highest BCUT2D eigenvalue weighted by Gasteiger charge is 2.12. The van der Waals surface area contributed by atoms with Gasteiger partial charge in [0.05, 0.1) is 20.3 Å². The summed E-state index contributed by atoms with van der Waals surface area (Å²) in [7, 11) is 1.65. The molecule has 1 N–H and O–H groups in total. The van der Waals surface area contributed by atoms with E-state index in [1.165, 1.54) is 12.8 Å². The molecule has 0 amide bonds. The number of hydrogen-bond acceptors (Lipinski definition) is 4. The van der Waals surface area contributed by atoms with Gasteiger partial charge in [-0.2, -0.15) is 0 Å². The van der Waals surface area contributed by atoms with Crippen molar-refractivity contribution in [1.29, 1.82) is 0 Å². The quantitative estimate of drug-likeness (QED) is 0.766. The van der Waals surface area contributed by atoms with Crippen LogP contribution in [-0.4, -0.2) is 40.0 Å². The molecule has 106 valence electrons. The molecule has 19 heavy (non-hydrogen) atoms. The second-order valence-electron chi connectivity index (χ2n) is 4.79. The smallest absolute Gasteiger partial charge is 0.161 e. The minimum absolute atomic E-state index is 0.556. The van der Waals surface area contributed by atoms with Crippen LogP contribution < -0.4 is 14.8 Å². The van der Waals surface area contributed by atoms with Crippen molar-refractivity contribution in [2.24, 2.45) is 5.92 Å². The van der Waals surface area contributed by atoms with E-state index in [2.05, 4.69) is 5.32 Å². The van der Waals surface area contributed by atoms with Gasteiger partial charge >= 0.3 is 0 Å². The highest BCUT2D eigenvalue weighted by atomic mass is 16.5. The van der Waals surface area contributed by atoms with Crippen molar-refractivity contribution >= 4 is 0 Å². The van der Waals surface area contributed by atoms with Gasteiger partial charge in [0.2, 0.25) is 0 Å². The number of benzene rings is 1. The van der Waals surface area contributed by atoms with Crippen molar-refractivity contribution in [3.63, 3.8) is 0 Å². The first-order valence-corrected chi connectivity index (χ1v) is 6.94. The van der Waals surface area contributed by atoms with Crippen LogP contribution in [-0.2, 0) is 4.74 Å². The summed E-state index contributed by atoms with van der Waals surface area (Å²) in [5.41, 5.74) is 0. The Bertz CT molecular complexity index is 364. The van der Waals surface area contributed by atoms with Gasteiger partial charge in [0, 0.05) is 6.54 Å². The second-order valence-corrected chi connectivity index (χ2v) is 4.79. The molecule has 2 rings (SSSR count). The lowest BCUT2D eigenvalue weighted by atomic mass is 10.0. The van der Waals surface area contributed by atoms with E-state index in [1.54, 1.807) is 7.11 Å². The molecule has 0 aliphatic carbocycles. The summed E-state index contributed by atoms with van der Waals surface area (Å²) >= 11 is 0. The molecule has 0 spiro atoms. The fourth-order valence-electron chi connectivity index (χ4n) is 2.26. The van der Waals surface area contributed by atoms with E-state index in [4.69, 9.17) is 14.2 Å². The van der Waals surface area contributed by atoms with Crippen LogP contribution in [0.1, 0.15) is 12.8 Å². The molecule has 1 aromatic rings. The Morgan fingerprint density at radius 1 is 1.21 bits per heavy atom. The highest BCUT2D eigenvalue weighted by Crippen LogP contribution is 2.25. The Hall–Kier alpha value is -1.26. The van der Waals surface area contributed by atoms with Crippen LogP contribution in [0.25, 0.3) is 0 Å². The summed E-state index contributed by atoms with van der Waals surface area (Å²) in [6.45, 7) is 4.22. The van der Waals surface area contributed by atoms with E-state index in [0.29, 0.717) is 19.1 Å². The molecular formula is C15H23NO3. The van der Waals surface area contributed by atoms with Crippen LogP contribution in [0.5, 0.6) is 11.5 Å². The Morgan fingerprint density at radius 3 is 2.79 bits per heavy atom. The van der Waals surface area contributed by atoms with Crippen LogP contribution in [0.3, 0.4) is 0 Å². The van der Waals surface area contributed by atoms with E-state index >= 15 is 0 Å². The molecule has 1 aliphatic heterocycles. The Balaban J connectivity index is 1.61. The predicted molar refractivity (Wildman–Crippen MR) is 74.9 cm³/mol. The first-order chi connectivity index (χ1) is 9.40. The van der Waals surface area contributed by atoms with Crippen molar-refractivity contribution in [3.05, 3.63) is 24.3 Å². The standard InChI is InChI=1S/C15H23NO3/c1-17-14-6-2-3-7-15(14)19-10-9-18-12-13-5-4-8-16-11-13/h2-3,6-7,13,16H,4-5,8-12H2,1H3. The molecule has 1 unspecified atom stereocenters. The first-order valence-electron chi connectivity index (χ1n) is 6.94. The van der Waals surface area contributed by atoms with Gasteiger partial charge in [-0.25, -0.2) is 0 Å². The van der Waals surface area contributed by atoms with Gasteiger partial charge in [-0.15, -0.1) is 0 Å². The third-order valence-corrected chi connectivity index (χ3v) is 3.31. The van der Waals surface area contributed by atoms with Gasteiger partial charge < -0.3 is 19.5 Å². The molecule has 1 saturated heterocycles. The molecule has 1 heterocycles. The van der Waals surface area contributed by atoms with E-state index in [-0.39, 0.29) is 0 Å². The Kier molecular flexibility index (Phi) is 5.98. The first kappa shape index (κ1) is 14.2. The number of nitrogens with one attached hydrogen (secondary N) is 1. The number of rotatable bonds is 7. The molecule has 0 radical (unpaired) electrons. The van der Waals surface area contributed by atoms with Crippen molar-refractivity contribution in [3.8, 4) is 11.5 Å². The maximum atomic E-state index is 5.66. The molecular weight excluding hydrogens is 242 g/mol. The third-order valence-electron chi connectivity index (χ3n) is 3.31. The van der Waals surface area contributed by atoms with Gasteiger partial charge in [0.15, 0.2) is 11.5 Å². The van der Waals surface area contributed by atoms with Crippen LogP contribution in [0.2, 0.25) is 0 Å². The lowest BCUT2D eigenvalue weighted by Crippen LogP contribution is -2.32. The minimum Gasteiger partial charge on any atom is -0.493 e. The van der Waals surface area contributed by atoms with E-state index in [0.717, 1.165) is 31.2 Å². The largest absolute Gasteiger partial charge is 0.493 e. The van der Waals surface area contributed by atoms with Crippen molar-refractivity contribution in [2.75, 3.05) is 40.0 Å². The number of piperidine rings is 1. The van der Waals surface area contributed by atoms with Gasteiger partial charge in [-0.05, 0) is 37.4 Å². The zero-order chi connectivity index (χ0) is 13.3. The molecule has 1 aliphatic rings. The zero-order valence-electron chi connectivity index (χ0n) is 11.6. The van der Waals surface area contributed by atoms with Crippen LogP contribution in [0, 0.1) is 5.92 Å². The molecule has 4 heteroatoms. The van der Waals surface area contributed by atoms with Crippen LogP contribution in [0.4, 0.5) is 0 Å². The van der Waals surface area contributed by atoms with Gasteiger partial charge in [-0.3, -0.25) is 0 Å². The average molecular weight is 265 g/mol. The van der Waals surface area contributed by atoms with Gasteiger partial charge in [0.1, 0.15) is 6.61 Å². The maximum Gasteiger partial charge on any atom is 0.161 e. The van der Waals surface area contributed by atoms with E-state index in [1.807, 2.05) is 24.3 Å². The summed E-state index contributed by atoms with van der Waals surface area (Å²) in [6.07, 6.45) is 2.52. The van der Waals surface area contributed by atoms with E-state index < -0.39 is 0 Å². The monoisotopic (exact) mass is 265 g/mol. The molecule has 1 aromatic carbocycles. The number of ether oxygens (including phenoxy) is 3. The minimum atomic E-state index is 0.556. The fraction of sp³-hybridized carbons (Fsp3) is 0.600. The number of para-hydroxylation sites is 2. The SMILES string of the molecule is COc1ccccc1OCCOCC1CCCNC1. The molecule has 0 saturated carbocycles. The summed E-state index contributed by atoms with van der Waals surface area (Å²) in [5.74, 6) is 2.19. The van der Waals surface area contributed by atoms with Crippen molar-refractivity contribution in [2.45, 2.75) is 12.8 Å². The summed E-state index contributed by atoms with van der Waals surface area (Å²) < 4.78 is 16.5. The number of methoxy groups -OCH3 is 1. The molecule has 1 fully saturated rings. The lowest BCUT2D eigenvalue weighted by molar-refractivity contribution is 0.0665. The summed E-state index contributed by atoms with van der Waals surface area (Å²) in [4.78, 5) is 0. The molecule has 0 bridgehead atoms. The second kappa shape index (κ2) is 8.02.